The zero-order chi connectivity index (χ0) is 40.1. The number of pyridine rings is 1. The Morgan fingerprint density at radius 1 is 1.05 bits per heavy atom. The number of hydrogen-bond donors (Lipinski definition) is 1. The molecule has 2 aromatic heterocycles. The van der Waals surface area contributed by atoms with Crippen molar-refractivity contribution in [3.8, 4) is 22.2 Å². The van der Waals surface area contributed by atoms with Crippen LogP contribution in [-0.4, -0.2) is 88.7 Å². The summed E-state index contributed by atoms with van der Waals surface area (Å²) < 4.78 is 23.7. The molecule has 0 radical (unpaired) electrons. The van der Waals surface area contributed by atoms with Crippen LogP contribution >= 0.6 is 22.9 Å². The van der Waals surface area contributed by atoms with Crippen LogP contribution in [0.1, 0.15) is 84.8 Å². The number of ether oxygens (including phenoxy) is 4. The van der Waals surface area contributed by atoms with Gasteiger partial charge in [0, 0.05) is 42.5 Å². The summed E-state index contributed by atoms with van der Waals surface area (Å²) in [5, 5.41) is 13.7. The number of esters is 1. The SMILES string of the molecule is CC[C@@H]1C[C@]1(CC(=O)[C@@H]1C[C@@H](Oc2cc(-c3nc(C)cs3)nc3c(Cl)c(OCCOC)ccc23)CN1C(=O)[C@@H](CC(=O)OC1C[C@@H]2C[C@@H]2C1)C(C)(C)C)C(=O)O. The molecule has 4 fully saturated rings. The first kappa shape index (κ1) is 40.4. The number of methoxy groups -OCH3 is 1. The molecule has 3 heterocycles. The summed E-state index contributed by atoms with van der Waals surface area (Å²) in [7, 11) is 1.59. The Bertz CT molecular complexity index is 2000. The van der Waals surface area contributed by atoms with Gasteiger partial charge >= 0.3 is 11.9 Å². The number of ketones is 1. The number of amides is 1. The summed E-state index contributed by atoms with van der Waals surface area (Å²) >= 11 is 8.35. The number of thiazole rings is 1. The third kappa shape index (κ3) is 8.27. The molecule has 12 nitrogen and oxygen atoms in total. The third-order valence-electron chi connectivity index (χ3n) is 12.3. The Morgan fingerprint density at radius 3 is 2.43 bits per heavy atom. The van der Waals surface area contributed by atoms with E-state index in [1.54, 1.807) is 19.2 Å². The lowest BCUT2D eigenvalue weighted by Crippen LogP contribution is -2.48. The highest BCUT2D eigenvalue weighted by Gasteiger charge is 2.61. The molecule has 8 atom stereocenters. The molecule has 14 heteroatoms. The van der Waals surface area contributed by atoms with Crippen LogP contribution in [0.3, 0.4) is 0 Å². The predicted molar refractivity (Wildman–Crippen MR) is 211 cm³/mol. The fourth-order valence-electron chi connectivity index (χ4n) is 8.86. The maximum atomic E-state index is 14.8. The van der Waals surface area contributed by atoms with Crippen molar-refractivity contribution in [3.05, 3.63) is 34.3 Å². The van der Waals surface area contributed by atoms with Gasteiger partial charge in [0.05, 0.1) is 42.5 Å². The van der Waals surface area contributed by atoms with Gasteiger partial charge in [-0.3, -0.25) is 19.2 Å². The first-order valence-corrected chi connectivity index (χ1v) is 21.0. The number of carbonyl (C=O) groups excluding carboxylic acids is 3. The third-order valence-corrected chi connectivity index (χ3v) is 13.6. The molecule has 1 aromatic carbocycles. The number of aromatic nitrogens is 2. The Kier molecular flexibility index (Phi) is 11.4. The van der Waals surface area contributed by atoms with Crippen molar-refractivity contribution in [3.63, 3.8) is 0 Å². The number of carboxylic acids is 1. The number of fused-ring (bicyclic) bond motifs is 2. The molecule has 4 aliphatic rings. The number of Topliss-reactive ketones (excluding diaryl/α,β-unsaturated/α-hetero) is 1. The van der Waals surface area contributed by atoms with E-state index < -0.39 is 40.8 Å². The monoisotopic (exact) mass is 809 g/mol. The van der Waals surface area contributed by atoms with Crippen LogP contribution in [0.25, 0.3) is 21.6 Å². The summed E-state index contributed by atoms with van der Waals surface area (Å²) in [5.74, 6) is -0.808. The van der Waals surface area contributed by atoms with E-state index in [0.29, 0.717) is 69.4 Å². The van der Waals surface area contributed by atoms with Crippen LogP contribution < -0.4 is 9.47 Å². The summed E-state index contributed by atoms with van der Waals surface area (Å²) in [6.45, 7) is 10.3. The molecule has 3 aromatic rings. The molecule has 56 heavy (non-hydrogen) atoms. The van der Waals surface area contributed by atoms with Gasteiger partial charge in [0.2, 0.25) is 5.91 Å². The molecule has 3 saturated carbocycles. The summed E-state index contributed by atoms with van der Waals surface area (Å²) in [5.41, 5.74) is 0.0220. The number of rotatable bonds is 16. The number of aliphatic carboxylic acids is 1. The highest BCUT2D eigenvalue weighted by atomic mass is 35.5. The maximum Gasteiger partial charge on any atom is 0.310 e. The van der Waals surface area contributed by atoms with Crippen molar-refractivity contribution in [2.75, 3.05) is 26.9 Å². The van der Waals surface area contributed by atoms with Crippen molar-refractivity contribution in [2.45, 2.75) is 104 Å². The van der Waals surface area contributed by atoms with E-state index in [-0.39, 0.29) is 56.1 Å². The number of aryl methyl sites for hydroxylation is 1. The Morgan fingerprint density at radius 2 is 1.80 bits per heavy atom. The molecule has 7 rings (SSSR count). The van der Waals surface area contributed by atoms with Gasteiger partial charge in [0.1, 0.15) is 46.0 Å². The molecule has 0 spiro atoms. The largest absolute Gasteiger partial charge is 0.490 e. The van der Waals surface area contributed by atoms with E-state index in [0.717, 1.165) is 18.5 Å². The van der Waals surface area contributed by atoms with E-state index in [1.165, 1.54) is 22.7 Å². The van der Waals surface area contributed by atoms with Gasteiger partial charge < -0.3 is 29.0 Å². The molecular weight excluding hydrogens is 758 g/mol. The molecule has 1 aliphatic heterocycles. The van der Waals surface area contributed by atoms with Crippen molar-refractivity contribution in [1.29, 1.82) is 0 Å². The molecule has 302 valence electrons. The molecule has 1 unspecified atom stereocenters. The van der Waals surface area contributed by atoms with Crippen LogP contribution in [0.2, 0.25) is 5.02 Å². The van der Waals surface area contributed by atoms with Crippen LogP contribution in [0, 0.1) is 41.4 Å². The van der Waals surface area contributed by atoms with Crippen LogP contribution in [0.5, 0.6) is 11.5 Å². The lowest BCUT2D eigenvalue weighted by atomic mass is 9.77. The van der Waals surface area contributed by atoms with Crippen LogP contribution in [0.15, 0.2) is 23.6 Å². The second kappa shape index (κ2) is 15.9. The zero-order valence-corrected chi connectivity index (χ0v) is 34.5. The molecule has 1 saturated heterocycles. The number of benzene rings is 1. The van der Waals surface area contributed by atoms with Crippen molar-refractivity contribution >= 4 is 57.5 Å². The summed E-state index contributed by atoms with van der Waals surface area (Å²) in [6, 6.07) is 4.40. The summed E-state index contributed by atoms with van der Waals surface area (Å²) in [6.07, 6.45) is 3.09. The Labute approximate surface area is 336 Å². The molecular formula is C42H52ClN3O9S. The molecule has 3 aliphatic carbocycles. The minimum absolute atomic E-state index is 0.0571. The van der Waals surface area contributed by atoms with E-state index in [9.17, 15) is 24.3 Å². The van der Waals surface area contributed by atoms with E-state index in [1.807, 2.05) is 46.1 Å². The van der Waals surface area contributed by atoms with E-state index in [4.69, 9.17) is 35.5 Å². The van der Waals surface area contributed by atoms with Crippen molar-refractivity contribution < 1.29 is 43.2 Å². The second-order valence-electron chi connectivity index (χ2n) is 17.3. The van der Waals surface area contributed by atoms with E-state index >= 15 is 0 Å². The quantitative estimate of drug-likeness (QED) is 0.113. The van der Waals surface area contributed by atoms with Gasteiger partial charge in [-0.25, -0.2) is 9.97 Å². The van der Waals surface area contributed by atoms with Gasteiger partial charge in [-0.2, -0.15) is 0 Å². The van der Waals surface area contributed by atoms with Crippen molar-refractivity contribution in [2.24, 2.45) is 34.5 Å². The Hall–Kier alpha value is -3.81. The minimum Gasteiger partial charge on any atom is -0.490 e. The highest BCUT2D eigenvalue weighted by Crippen LogP contribution is 2.58. The highest BCUT2D eigenvalue weighted by molar-refractivity contribution is 7.13. The molecule has 1 amide bonds. The number of carbonyl (C=O) groups is 4. The lowest BCUT2D eigenvalue weighted by Gasteiger charge is -2.35. The maximum absolute atomic E-state index is 14.8. The number of likely N-dealkylation sites (tertiary alicyclic amines) is 1. The standard InChI is InChI=1S/C42H52ClN3O9S/c1-7-25-18-42(25,40(50)51)19-32(47)31-15-27(20-46(31)39(49)29(41(3,4)5)16-35(48)55-26-13-23-12-24(23)14-26)54-34-17-30(38-44-22(2)21-56-38)45-37-28(34)8-9-33(36(37)43)53-11-10-52-6/h8-9,17,21,23-27,29,31H,7,10-16,18-20H2,1-6H3,(H,50,51)/t23-,24+,25-,26?,27-,29-,31+,42-/m1/s1. The average Bonchev–Trinajstić information content (AvgIpc) is 3.83. The first-order chi connectivity index (χ1) is 26.6. The minimum atomic E-state index is -1.14. The van der Waals surface area contributed by atoms with Gasteiger partial charge in [-0.05, 0) is 67.9 Å². The molecule has 1 N–H and O–H groups in total. The smallest absolute Gasteiger partial charge is 0.310 e. The number of halogens is 1. The lowest BCUT2D eigenvalue weighted by molar-refractivity contribution is -0.157. The van der Waals surface area contributed by atoms with Gasteiger partial charge in [0.15, 0.2) is 5.78 Å². The fraction of sp³-hybridized carbons (Fsp3) is 0.619. The Balaban J connectivity index is 1.20. The molecule has 0 bridgehead atoms. The van der Waals surface area contributed by atoms with Crippen LogP contribution in [-0.2, 0) is 28.7 Å². The summed E-state index contributed by atoms with van der Waals surface area (Å²) in [4.78, 5) is 66.0. The van der Waals surface area contributed by atoms with Crippen molar-refractivity contribution in [1.82, 2.24) is 14.9 Å². The zero-order valence-electron chi connectivity index (χ0n) is 33.0. The van der Waals surface area contributed by atoms with Gasteiger partial charge in [0.25, 0.3) is 0 Å². The van der Waals surface area contributed by atoms with Gasteiger partial charge in [-0.15, -0.1) is 11.3 Å². The topological polar surface area (TPSA) is 154 Å². The number of hydrogen-bond acceptors (Lipinski definition) is 11. The number of nitrogens with zero attached hydrogens (tertiary/aromatic N) is 3. The normalized spacial score (nSPS) is 27.2. The van der Waals surface area contributed by atoms with Gasteiger partial charge in [-0.1, -0.05) is 45.7 Å². The van der Waals surface area contributed by atoms with Crippen LogP contribution in [0.4, 0.5) is 0 Å². The second-order valence-corrected chi connectivity index (χ2v) is 18.5. The number of carboxylic acid groups (broad SMARTS) is 1. The fourth-order valence-corrected chi connectivity index (χ4v) is 9.88. The average molecular weight is 810 g/mol. The first-order valence-electron chi connectivity index (χ1n) is 19.7. The predicted octanol–water partition coefficient (Wildman–Crippen LogP) is 7.55. The van der Waals surface area contributed by atoms with E-state index in [2.05, 4.69) is 4.98 Å².